The van der Waals surface area contributed by atoms with Gasteiger partial charge in [-0.2, -0.15) is 0 Å². The molecule has 36 heavy (non-hydrogen) atoms. The number of carbonyl (C=O) groups excluding carboxylic acids is 2. The number of amides is 1. The van der Waals surface area contributed by atoms with Gasteiger partial charge in [0.1, 0.15) is 17.1 Å². The Balaban J connectivity index is 1.82. The maximum Gasteiger partial charge on any atom is 0.295 e. The molecule has 1 fully saturated rings. The summed E-state index contributed by atoms with van der Waals surface area (Å²) in [4.78, 5) is 32.5. The molecule has 1 aromatic carbocycles. The van der Waals surface area contributed by atoms with Crippen molar-refractivity contribution in [3.8, 4) is 5.75 Å². The fraction of sp³-hybridized carbons (Fsp3) is 0.393. The van der Waals surface area contributed by atoms with E-state index in [4.69, 9.17) is 9.47 Å². The van der Waals surface area contributed by atoms with Crippen molar-refractivity contribution in [3.05, 3.63) is 70.7 Å². The maximum atomic E-state index is 13.3. The molecule has 1 aliphatic heterocycles. The molecule has 8 nitrogen and oxygen atoms in total. The number of rotatable bonds is 10. The molecule has 8 heteroatoms. The van der Waals surface area contributed by atoms with E-state index in [1.807, 2.05) is 60.8 Å². The monoisotopic (exact) mass is 491 g/mol. The van der Waals surface area contributed by atoms with Crippen LogP contribution in [0.4, 0.5) is 0 Å². The molecule has 0 spiro atoms. The van der Waals surface area contributed by atoms with Crippen molar-refractivity contribution >= 4 is 23.1 Å². The number of likely N-dealkylation sites (tertiary alicyclic amines) is 1. The SMILES string of the molecule is CCCCCOc1cccc(C2/C(=C(\O)c3nc4c(C)cccn4c3C)C(=O)C(=O)N2CCOC)c1. The Bertz CT molecular complexity index is 1310. The predicted molar refractivity (Wildman–Crippen MR) is 137 cm³/mol. The highest BCUT2D eigenvalue weighted by Gasteiger charge is 2.46. The quantitative estimate of drug-likeness (QED) is 0.193. The number of hydrogen-bond acceptors (Lipinski definition) is 6. The molecule has 190 valence electrons. The highest BCUT2D eigenvalue weighted by atomic mass is 16.5. The van der Waals surface area contributed by atoms with Gasteiger partial charge in [-0.05, 0) is 49.6 Å². The third kappa shape index (κ3) is 4.73. The molecule has 1 saturated heterocycles. The lowest BCUT2D eigenvalue weighted by Crippen LogP contribution is -2.32. The van der Waals surface area contributed by atoms with Crippen LogP contribution in [0.25, 0.3) is 11.4 Å². The number of aryl methyl sites for hydroxylation is 2. The standard InChI is InChI=1S/C28H33N3O5/c1-5-6-7-15-36-21-12-8-11-20(17-21)24-22(26(33)28(34)31(24)14-16-35-4)25(32)23-19(3)30-13-9-10-18(2)27(30)29-23/h8-13,17,24,32H,5-7,14-16H2,1-4H3/b25-22+. The molecule has 0 bridgehead atoms. The average molecular weight is 492 g/mol. The smallest absolute Gasteiger partial charge is 0.295 e. The summed E-state index contributed by atoms with van der Waals surface area (Å²) in [6, 6.07) is 10.4. The number of aliphatic hydroxyl groups excluding tert-OH is 1. The summed E-state index contributed by atoms with van der Waals surface area (Å²) < 4.78 is 13.0. The number of ketones is 1. The number of fused-ring (bicyclic) bond motifs is 1. The van der Waals surface area contributed by atoms with Crippen molar-refractivity contribution in [3.63, 3.8) is 0 Å². The average Bonchev–Trinajstić information content (AvgIpc) is 3.35. The zero-order valence-electron chi connectivity index (χ0n) is 21.3. The molecule has 4 rings (SSSR count). The van der Waals surface area contributed by atoms with Crippen LogP contribution in [0.15, 0.2) is 48.2 Å². The van der Waals surface area contributed by atoms with Gasteiger partial charge in [-0.15, -0.1) is 0 Å². The Labute approximate surface area is 211 Å². The van der Waals surface area contributed by atoms with E-state index in [2.05, 4.69) is 11.9 Å². The summed E-state index contributed by atoms with van der Waals surface area (Å²) in [5.41, 5.74) is 3.28. The van der Waals surface area contributed by atoms with Gasteiger partial charge < -0.3 is 23.9 Å². The second-order valence-corrected chi connectivity index (χ2v) is 9.04. The lowest BCUT2D eigenvalue weighted by Gasteiger charge is -2.25. The molecule has 3 aromatic rings. The first-order valence-corrected chi connectivity index (χ1v) is 12.3. The minimum atomic E-state index is -0.787. The third-order valence-electron chi connectivity index (χ3n) is 6.58. The lowest BCUT2D eigenvalue weighted by atomic mass is 9.96. The number of unbranched alkanes of at least 4 members (excludes halogenated alkanes) is 2. The van der Waals surface area contributed by atoms with Gasteiger partial charge >= 0.3 is 0 Å². The minimum absolute atomic E-state index is 0.0170. The Kier molecular flexibility index (Phi) is 7.74. The summed E-state index contributed by atoms with van der Waals surface area (Å²) in [5.74, 6) is -1.05. The summed E-state index contributed by atoms with van der Waals surface area (Å²) in [6.07, 6.45) is 4.98. The van der Waals surface area contributed by atoms with Crippen molar-refractivity contribution in [1.82, 2.24) is 14.3 Å². The first kappa shape index (κ1) is 25.4. The van der Waals surface area contributed by atoms with Crippen LogP contribution in [0.1, 0.15) is 54.7 Å². The topological polar surface area (TPSA) is 93.4 Å². The lowest BCUT2D eigenvalue weighted by molar-refractivity contribution is -0.140. The Morgan fingerprint density at radius 2 is 1.92 bits per heavy atom. The van der Waals surface area contributed by atoms with Gasteiger partial charge in [-0.3, -0.25) is 9.59 Å². The Hall–Kier alpha value is -3.65. The van der Waals surface area contributed by atoms with Crippen LogP contribution in [0.3, 0.4) is 0 Å². The normalized spacial score (nSPS) is 17.3. The van der Waals surface area contributed by atoms with Crippen molar-refractivity contribution in [1.29, 1.82) is 0 Å². The van der Waals surface area contributed by atoms with Crippen LogP contribution in [0.5, 0.6) is 5.75 Å². The van der Waals surface area contributed by atoms with Crippen LogP contribution in [-0.4, -0.2) is 57.9 Å². The van der Waals surface area contributed by atoms with E-state index < -0.39 is 17.7 Å². The number of pyridine rings is 1. The number of hydrogen-bond donors (Lipinski definition) is 1. The molecule has 0 saturated carbocycles. The van der Waals surface area contributed by atoms with E-state index >= 15 is 0 Å². The van der Waals surface area contributed by atoms with Gasteiger partial charge in [-0.1, -0.05) is 38.0 Å². The van der Waals surface area contributed by atoms with Crippen LogP contribution < -0.4 is 4.74 Å². The number of Topliss-reactive ketones (excluding diaryl/α,β-unsaturated/α-hetero) is 1. The number of benzene rings is 1. The number of nitrogens with zero attached hydrogens (tertiary/aromatic N) is 3. The molecule has 2 aromatic heterocycles. The van der Waals surface area contributed by atoms with E-state index in [0.29, 0.717) is 29.3 Å². The van der Waals surface area contributed by atoms with E-state index in [1.165, 1.54) is 4.90 Å². The van der Waals surface area contributed by atoms with E-state index in [9.17, 15) is 14.7 Å². The maximum absolute atomic E-state index is 13.3. The molecule has 0 radical (unpaired) electrons. The number of aliphatic hydroxyl groups is 1. The van der Waals surface area contributed by atoms with Gasteiger partial charge in [-0.25, -0.2) is 4.98 Å². The molecule has 3 heterocycles. The molecular weight excluding hydrogens is 458 g/mol. The van der Waals surface area contributed by atoms with Gasteiger partial charge in [0.2, 0.25) is 0 Å². The molecule has 1 N–H and O–H groups in total. The van der Waals surface area contributed by atoms with E-state index in [0.717, 1.165) is 24.8 Å². The highest BCUT2D eigenvalue weighted by Crippen LogP contribution is 2.40. The molecule has 1 aliphatic rings. The van der Waals surface area contributed by atoms with Crippen LogP contribution in [-0.2, 0) is 14.3 Å². The van der Waals surface area contributed by atoms with Crippen LogP contribution >= 0.6 is 0 Å². The van der Waals surface area contributed by atoms with Crippen molar-refractivity contribution in [2.75, 3.05) is 26.9 Å². The Morgan fingerprint density at radius 3 is 2.64 bits per heavy atom. The second-order valence-electron chi connectivity index (χ2n) is 9.04. The molecule has 1 unspecified atom stereocenters. The number of aromatic nitrogens is 2. The van der Waals surface area contributed by atoms with Gasteiger partial charge in [0.05, 0.1) is 30.5 Å². The van der Waals surface area contributed by atoms with E-state index in [-0.39, 0.29) is 30.2 Å². The Morgan fingerprint density at radius 1 is 1.11 bits per heavy atom. The molecular formula is C28H33N3O5. The molecule has 1 amide bonds. The van der Waals surface area contributed by atoms with Crippen molar-refractivity contribution in [2.24, 2.45) is 0 Å². The summed E-state index contributed by atoms with van der Waals surface area (Å²) in [5, 5.41) is 11.5. The van der Waals surface area contributed by atoms with Crippen molar-refractivity contribution in [2.45, 2.75) is 46.1 Å². The van der Waals surface area contributed by atoms with Crippen LogP contribution in [0, 0.1) is 13.8 Å². The third-order valence-corrected chi connectivity index (χ3v) is 6.58. The summed E-state index contributed by atoms with van der Waals surface area (Å²) in [7, 11) is 1.54. The van der Waals surface area contributed by atoms with Crippen molar-refractivity contribution < 1.29 is 24.2 Å². The van der Waals surface area contributed by atoms with Gasteiger partial charge in [0, 0.05) is 19.9 Å². The number of methoxy groups -OCH3 is 1. The zero-order valence-corrected chi connectivity index (χ0v) is 21.3. The fourth-order valence-corrected chi connectivity index (χ4v) is 4.64. The molecule has 0 aliphatic carbocycles. The minimum Gasteiger partial charge on any atom is -0.505 e. The second kappa shape index (κ2) is 11.0. The number of imidazole rings is 1. The van der Waals surface area contributed by atoms with Gasteiger partial charge in [0.25, 0.3) is 11.7 Å². The number of carbonyl (C=O) groups is 2. The first-order chi connectivity index (χ1) is 17.4. The number of ether oxygens (including phenoxy) is 2. The predicted octanol–water partition coefficient (Wildman–Crippen LogP) is 4.59. The summed E-state index contributed by atoms with van der Waals surface area (Å²) >= 11 is 0. The largest absolute Gasteiger partial charge is 0.505 e. The fourth-order valence-electron chi connectivity index (χ4n) is 4.64. The molecule has 1 atom stereocenters. The van der Waals surface area contributed by atoms with E-state index in [1.54, 1.807) is 7.11 Å². The zero-order chi connectivity index (χ0) is 25.8. The van der Waals surface area contributed by atoms with Crippen LogP contribution in [0.2, 0.25) is 0 Å². The summed E-state index contributed by atoms with van der Waals surface area (Å²) in [6.45, 7) is 6.93. The first-order valence-electron chi connectivity index (χ1n) is 12.3. The van der Waals surface area contributed by atoms with Gasteiger partial charge in [0.15, 0.2) is 5.76 Å². The highest BCUT2D eigenvalue weighted by molar-refractivity contribution is 6.46.